The van der Waals surface area contributed by atoms with Crippen molar-refractivity contribution in [2.75, 3.05) is 37.7 Å². The van der Waals surface area contributed by atoms with Crippen molar-refractivity contribution in [3.05, 3.63) is 59.7 Å². The van der Waals surface area contributed by atoms with E-state index < -0.39 is 35.6 Å². The zero-order valence-electron chi connectivity index (χ0n) is 19.6. The summed E-state index contributed by atoms with van der Waals surface area (Å²) in [7, 11) is 0. The number of alkyl carbamates (subject to hydrolysis) is 1. The van der Waals surface area contributed by atoms with Crippen LogP contribution in [0.4, 0.5) is 28.4 Å². The molecule has 0 radical (unpaired) electrons. The van der Waals surface area contributed by atoms with E-state index in [4.69, 9.17) is 14.2 Å². The maximum absolute atomic E-state index is 12.8. The first-order chi connectivity index (χ1) is 17.6. The van der Waals surface area contributed by atoms with Gasteiger partial charge in [0.1, 0.15) is 17.5 Å². The van der Waals surface area contributed by atoms with Crippen LogP contribution in [0.15, 0.2) is 48.5 Å². The highest BCUT2D eigenvalue weighted by Crippen LogP contribution is 2.34. The van der Waals surface area contributed by atoms with Crippen molar-refractivity contribution in [1.82, 2.24) is 10.2 Å². The topological polar surface area (TPSA) is 97.4 Å². The lowest BCUT2D eigenvalue weighted by Gasteiger charge is -2.37. The van der Waals surface area contributed by atoms with E-state index in [1.807, 2.05) is 0 Å². The number of anilines is 1. The molecule has 0 saturated carbocycles. The first kappa shape index (κ1) is 24.7. The molecule has 3 fully saturated rings. The number of benzene rings is 2. The van der Waals surface area contributed by atoms with Gasteiger partial charge in [0.2, 0.25) is 0 Å². The van der Waals surface area contributed by atoms with Gasteiger partial charge in [0.25, 0.3) is 5.91 Å². The number of carbonyl (C=O) groups is 3. The van der Waals surface area contributed by atoms with Crippen LogP contribution in [-0.4, -0.2) is 61.4 Å². The highest BCUT2D eigenvalue weighted by Gasteiger charge is 2.43. The van der Waals surface area contributed by atoms with Crippen LogP contribution in [0, 0.1) is 0 Å². The number of nitrogens with one attached hydrogen (secondary N) is 1. The average molecular weight is 519 g/mol. The Kier molecular flexibility index (Phi) is 6.34. The van der Waals surface area contributed by atoms with Gasteiger partial charge < -0.3 is 24.4 Å². The smallest absolute Gasteiger partial charge is 0.416 e. The van der Waals surface area contributed by atoms with E-state index in [0.717, 1.165) is 12.1 Å². The zero-order chi connectivity index (χ0) is 26.2. The molecule has 3 saturated heterocycles. The second kappa shape index (κ2) is 9.49. The molecule has 1 N–H and O–H groups in total. The molecule has 1 spiro atoms. The molecule has 1 unspecified atom stereocenters. The second-order valence-corrected chi connectivity index (χ2v) is 9.19. The molecule has 2 aromatic rings. The summed E-state index contributed by atoms with van der Waals surface area (Å²) in [6.45, 7) is 1.39. The fourth-order valence-corrected chi connectivity index (χ4v) is 4.64. The molecule has 37 heavy (non-hydrogen) atoms. The van der Waals surface area contributed by atoms with Crippen LogP contribution in [0.3, 0.4) is 0 Å². The van der Waals surface area contributed by atoms with Crippen molar-refractivity contribution < 1.29 is 41.8 Å². The maximum atomic E-state index is 12.8. The SMILES string of the molecule is O=C1NCC2(CCN(C(=O)COc3ccc(C4CN(c5ccc(C(F)(F)F)cc5)C(=O)O4)cc3)CC2)O1. The van der Waals surface area contributed by atoms with Crippen LogP contribution >= 0.6 is 0 Å². The van der Waals surface area contributed by atoms with Crippen LogP contribution < -0.4 is 15.0 Å². The number of nitrogens with zero attached hydrogens (tertiary/aromatic N) is 2. The Labute approximate surface area is 210 Å². The van der Waals surface area contributed by atoms with Crippen molar-refractivity contribution >= 4 is 23.8 Å². The van der Waals surface area contributed by atoms with E-state index in [-0.39, 0.29) is 19.1 Å². The van der Waals surface area contributed by atoms with Crippen LogP contribution in [0.2, 0.25) is 0 Å². The second-order valence-electron chi connectivity index (χ2n) is 9.19. The van der Waals surface area contributed by atoms with E-state index in [0.29, 0.717) is 49.5 Å². The van der Waals surface area contributed by atoms with Gasteiger partial charge in [-0.25, -0.2) is 9.59 Å². The summed E-state index contributed by atoms with van der Waals surface area (Å²) in [6.07, 6.45) is -5.01. The van der Waals surface area contributed by atoms with E-state index in [1.165, 1.54) is 17.0 Å². The van der Waals surface area contributed by atoms with Gasteiger partial charge in [0.15, 0.2) is 6.61 Å². The summed E-state index contributed by atoms with van der Waals surface area (Å²) in [5.74, 6) is 0.288. The first-order valence-electron chi connectivity index (χ1n) is 11.7. The number of carbonyl (C=O) groups excluding carboxylic acids is 3. The number of hydrogen-bond acceptors (Lipinski definition) is 6. The lowest BCUT2D eigenvalue weighted by atomic mass is 9.91. The lowest BCUT2D eigenvalue weighted by molar-refractivity contribution is -0.138. The van der Waals surface area contributed by atoms with Gasteiger partial charge in [-0.15, -0.1) is 0 Å². The van der Waals surface area contributed by atoms with Crippen molar-refractivity contribution in [3.8, 4) is 5.75 Å². The molecule has 0 bridgehead atoms. The molecule has 1 atom stereocenters. The molecule has 3 aliphatic rings. The van der Waals surface area contributed by atoms with Gasteiger partial charge in [-0.2, -0.15) is 13.2 Å². The van der Waals surface area contributed by atoms with Crippen molar-refractivity contribution in [3.63, 3.8) is 0 Å². The largest absolute Gasteiger partial charge is 0.484 e. The number of piperidine rings is 1. The predicted molar refractivity (Wildman–Crippen MR) is 123 cm³/mol. The van der Waals surface area contributed by atoms with Crippen LogP contribution in [0.5, 0.6) is 5.75 Å². The Morgan fingerprint density at radius 3 is 2.32 bits per heavy atom. The van der Waals surface area contributed by atoms with E-state index in [9.17, 15) is 27.6 Å². The molecule has 3 heterocycles. The van der Waals surface area contributed by atoms with Gasteiger partial charge in [-0.3, -0.25) is 9.69 Å². The number of halogens is 3. The van der Waals surface area contributed by atoms with Gasteiger partial charge in [-0.1, -0.05) is 12.1 Å². The molecule has 3 aliphatic heterocycles. The fraction of sp³-hybridized carbons (Fsp3) is 0.400. The molecular formula is C25H24F3N3O6. The Morgan fingerprint density at radius 1 is 1.05 bits per heavy atom. The summed E-state index contributed by atoms with van der Waals surface area (Å²) in [5.41, 5.74) is -0.334. The molecule has 0 aliphatic carbocycles. The van der Waals surface area contributed by atoms with Crippen LogP contribution in [0.25, 0.3) is 0 Å². The maximum Gasteiger partial charge on any atom is 0.416 e. The monoisotopic (exact) mass is 519 g/mol. The Bertz CT molecular complexity index is 1180. The van der Waals surface area contributed by atoms with Crippen LogP contribution in [-0.2, 0) is 20.4 Å². The first-order valence-corrected chi connectivity index (χ1v) is 11.7. The van der Waals surface area contributed by atoms with Crippen molar-refractivity contribution in [2.45, 2.75) is 30.7 Å². The van der Waals surface area contributed by atoms with E-state index >= 15 is 0 Å². The van der Waals surface area contributed by atoms with Crippen LogP contribution in [0.1, 0.15) is 30.1 Å². The Balaban J connectivity index is 1.12. The molecular weight excluding hydrogens is 495 g/mol. The summed E-state index contributed by atoms with van der Waals surface area (Å²) in [6, 6.07) is 11.1. The molecule has 3 amide bonds. The number of alkyl halides is 3. The normalized spacial score (nSPS) is 21.0. The summed E-state index contributed by atoms with van der Waals surface area (Å²) in [4.78, 5) is 39.2. The molecule has 2 aromatic carbocycles. The third kappa shape index (κ3) is 5.27. The summed E-state index contributed by atoms with van der Waals surface area (Å²) in [5, 5.41) is 2.66. The zero-order valence-corrected chi connectivity index (χ0v) is 19.6. The van der Waals surface area contributed by atoms with Gasteiger partial charge >= 0.3 is 18.4 Å². The number of cyclic esters (lactones) is 1. The minimum atomic E-state index is -4.46. The molecule has 5 rings (SSSR count). The third-order valence-electron chi connectivity index (χ3n) is 6.82. The highest BCUT2D eigenvalue weighted by molar-refractivity contribution is 5.89. The van der Waals surface area contributed by atoms with Crippen molar-refractivity contribution in [1.29, 1.82) is 0 Å². The van der Waals surface area contributed by atoms with E-state index in [1.54, 1.807) is 29.2 Å². The summed E-state index contributed by atoms with van der Waals surface area (Å²) >= 11 is 0. The molecule has 9 nitrogen and oxygen atoms in total. The standard InChI is InChI=1S/C25H24F3N3O6/c26-25(27,28)17-3-5-18(6-4-17)31-13-20(36-23(31)34)16-1-7-19(8-2-16)35-14-21(32)30-11-9-24(10-12-30)15-29-22(33)37-24/h1-8,20H,9-15H2,(H,29,33). The number of amides is 3. The number of hydrogen-bond donors (Lipinski definition) is 1. The number of likely N-dealkylation sites (tertiary alicyclic amines) is 1. The van der Waals surface area contributed by atoms with Crippen molar-refractivity contribution in [2.24, 2.45) is 0 Å². The predicted octanol–water partition coefficient (Wildman–Crippen LogP) is 3.88. The molecule has 0 aromatic heterocycles. The van der Waals surface area contributed by atoms with E-state index in [2.05, 4.69) is 5.32 Å². The van der Waals surface area contributed by atoms with Gasteiger partial charge in [0.05, 0.1) is 18.7 Å². The average Bonchev–Trinajstić information content (AvgIpc) is 3.45. The minimum Gasteiger partial charge on any atom is -0.484 e. The minimum absolute atomic E-state index is 0.143. The number of rotatable bonds is 5. The Hall–Kier alpha value is -3.96. The molecule has 12 heteroatoms. The summed E-state index contributed by atoms with van der Waals surface area (Å²) < 4.78 is 54.8. The third-order valence-corrected chi connectivity index (χ3v) is 6.82. The number of ether oxygens (including phenoxy) is 3. The quantitative estimate of drug-likeness (QED) is 0.644. The lowest BCUT2D eigenvalue weighted by Crippen LogP contribution is -2.49. The fourth-order valence-electron chi connectivity index (χ4n) is 4.64. The van der Waals surface area contributed by atoms with Gasteiger partial charge in [0, 0.05) is 31.6 Å². The Morgan fingerprint density at radius 2 is 1.73 bits per heavy atom. The van der Waals surface area contributed by atoms with Gasteiger partial charge in [-0.05, 0) is 42.0 Å². The molecule has 196 valence electrons. The highest BCUT2D eigenvalue weighted by atomic mass is 19.4.